The van der Waals surface area contributed by atoms with Crippen molar-refractivity contribution in [2.24, 2.45) is 0 Å². The van der Waals surface area contributed by atoms with Crippen LogP contribution in [-0.4, -0.2) is 5.91 Å². The van der Waals surface area contributed by atoms with Crippen LogP contribution in [0, 0.1) is 6.92 Å². The number of nitrogens with one attached hydrogen (secondary N) is 1. The second-order valence-corrected chi connectivity index (χ2v) is 5.44. The Morgan fingerprint density at radius 1 is 1.32 bits per heavy atom. The van der Waals surface area contributed by atoms with Crippen molar-refractivity contribution in [1.82, 2.24) is 0 Å². The van der Waals surface area contributed by atoms with Crippen LogP contribution in [0.25, 0.3) is 0 Å². The van der Waals surface area contributed by atoms with Gasteiger partial charge in [-0.2, -0.15) is 0 Å². The number of amides is 1. The van der Waals surface area contributed by atoms with E-state index in [1.54, 1.807) is 24.3 Å². The molecule has 2 aromatic carbocycles. The molecule has 0 aliphatic carbocycles. The maximum atomic E-state index is 12.2. The van der Waals surface area contributed by atoms with Gasteiger partial charge in [0.25, 0.3) is 5.91 Å². The Morgan fingerprint density at radius 2 is 2.05 bits per heavy atom. The lowest BCUT2D eigenvalue weighted by Gasteiger charge is -2.12. The molecule has 5 heteroatoms. The van der Waals surface area contributed by atoms with Crippen molar-refractivity contribution >= 4 is 44.8 Å². The van der Waals surface area contributed by atoms with E-state index >= 15 is 0 Å². The van der Waals surface area contributed by atoms with Gasteiger partial charge in [0.1, 0.15) is 0 Å². The average molecular weight is 340 g/mol. The van der Waals surface area contributed by atoms with Crippen molar-refractivity contribution in [1.29, 1.82) is 0 Å². The van der Waals surface area contributed by atoms with Crippen LogP contribution in [0.5, 0.6) is 0 Å². The lowest BCUT2D eigenvalue weighted by atomic mass is 10.1. The summed E-state index contributed by atoms with van der Waals surface area (Å²) < 4.78 is 0.791. The van der Waals surface area contributed by atoms with Gasteiger partial charge in [0.05, 0.1) is 22.0 Å². The van der Waals surface area contributed by atoms with E-state index in [1.807, 2.05) is 19.1 Å². The number of aryl methyl sites for hydroxylation is 1. The summed E-state index contributed by atoms with van der Waals surface area (Å²) in [5.74, 6) is -0.285. The third-order valence-electron chi connectivity index (χ3n) is 2.72. The van der Waals surface area contributed by atoms with Crippen molar-refractivity contribution in [3.63, 3.8) is 0 Å². The van der Waals surface area contributed by atoms with Crippen LogP contribution in [0.15, 0.2) is 40.9 Å². The molecule has 0 spiro atoms. The molecule has 3 N–H and O–H groups in total. The van der Waals surface area contributed by atoms with Gasteiger partial charge in [-0.15, -0.1) is 0 Å². The van der Waals surface area contributed by atoms with Gasteiger partial charge < -0.3 is 11.1 Å². The van der Waals surface area contributed by atoms with E-state index in [-0.39, 0.29) is 5.91 Å². The first-order chi connectivity index (χ1) is 8.99. The number of para-hydroxylation sites is 1. The number of nitrogens with two attached hydrogens (primary N) is 1. The number of hydrogen-bond acceptors (Lipinski definition) is 2. The summed E-state index contributed by atoms with van der Waals surface area (Å²) >= 11 is 9.34. The number of anilines is 2. The molecule has 0 atom stereocenters. The third kappa shape index (κ3) is 3.08. The van der Waals surface area contributed by atoms with Crippen LogP contribution in [0.3, 0.4) is 0 Å². The normalized spacial score (nSPS) is 10.3. The minimum absolute atomic E-state index is 0.285. The van der Waals surface area contributed by atoms with E-state index < -0.39 is 0 Å². The van der Waals surface area contributed by atoms with Gasteiger partial charge in [0.15, 0.2) is 0 Å². The van der Waals surface area contributed by atoms with E-state index in [0.717, 1.165) is 10.0 Å². The Labute approximate surface area is 124 Å². The molecule has 98 valence electrons. The molecule has 2 aromatic rings. The van der Waals surface area contributed by atoms with E-state index in [4.69, 9.17) is 17.3 Å². The molecule has 0 bridgehead atoms. The summed E-state index contributed by atoms with van der Waals surface area (Å²) in [4.78, 5) is 12.2. The maximum Gasteiger partial charge on any atom is 0.257 e. The van der Waals surface area contributed by atoms with Crippen LogP contribution in [-0.2, 0) is 0 Å². The number of hydrogen-bond donors (Lipinski definition) is 2. The van der Waals surface area contributed by atoms with Crippen LogP contribution in [0.4, 0.5) is 11.4 Å². The summed E-state index contributed by atoms with van der Waals surface area (Å²) in [6, 6.07) is 10.6. The van der Waals surface area contributed by atoms with E-state index in [2.05, 4.69) is 21.2 Å². The van der Waals surface area contributed by atoms with E-state index in [0.29, 0.717) is 22.0 Å². The first-order valence-corrected chi connectivity index (χ1v) is 6.77. The van der Waals surface area contributed by atoms with Crippen molar-refractivity contribution in [2.75, 3.05) is 11.1 Å². The molecule has 0 radical (unpaired) electrons. The summed E-state index contributed by atoms with van der Waals surface area (Å²) in [5.41, 5.74) is 8.30. The molecule has 0 unspecified atom stereocenters. The topological polar surface area (TPSA) is 55.1 Å². The molecule has 0 aliphatic rings. The number of nitrogen functional groups attached to an aromatic ring is 1. The molecule has 0 fully saturated rings. The number of carbonyl (C=O) groups excluding carboxylic acids is 1. The van der Waals surface area contributed by atoms with Gasteiger partial charge in [0.2, 0.25) is 0 Å². The molecule has 3 nitrogen and oxygen atoms in total. The Bertz CT molecular complexity index is 623. The summed E-state index contributed by atoms with van der Waals surface area (Å²) in [5, 5.41) is 3.19. The van der Waals surface area contributed by atoms with Crippen LogP contribution >= 0.6 is 27.5 Å². The fourth-order valence-electron chi connectivity index (χ4n) is 1.71. The molecule has 19 heavy (non-hydrogen) atoms. The van der Waals surface area contributed by atoms with Gasteiger partial charge in [-0.1, -0.05) is 39.7 Å². The minimum atomic E-state index is -0.285. The first-order valence-electron chi connectivity index (χ1n) is 5.60. The molecule has 0 aromatic heterocycles. The number of benzene rings is 2. The third-order valence-corrected chi connectivity index (χ3v) is 3.54. The zero-order valence-electron chi connectivity index (χ0n) is 10.2. The van der Waals surface area contributed by atoms with Gasteiger partial charge in [-0.3, -0.25) is 4.79 Å². The second kappa shape index (κ2) is 5.63. The number of halogens is 2. The van der Waals surface area contributed by atoms with Crippen LogP contribution < -0.4 is 11.1 Å². The molecule has 0 saturated heterocycles. The molecule has 0 saturated carbocycles. The maximum absolute atomic E-state index is 12.2. The molecular weight excluding hydrogens is 328 g/mol. The summed E-state index contributed by atoms with van der Waals surface area (Å²) in [6.07, 6.45) is 0. The second-order valence-electron chi connectivity index (χ2n) is 4.12. The van der Waals surface area contributed by atoms with Crippen molar-refractivity contribution in [3.05, 3.63) is 57.0 Å². The Hall–Kier alpha value is -1.52. The first kappa shape index (κ1) is 13.9. The van der Waals surface area contributed by atoms with Crippen LogP contribution in [0.2, 0.25) is 5.02 Å². The van der Waals surface area contributed by atoms with Gasteiger partial charge in [0, 0.05) is 4.47 Å². The molecule has 2 rings (SSSR count). The molecular formula is C14H12BrClN2O. The quantitative estimate of drug-likeness (QED) is 0.804. The predicted octanol–water partition coefficient (Wildman–Crippen LogP) is 4.25. The fraction of sp³-hybridized carbons (Fsp3) is 0.0714. The summed E-state index contributed by atoms with van der Waals surface area (Å²) in [7, 11) is 0. The highest BCUT2D eigenvalue weighted by Gasteiger charge is 2.13. The van der Waals surface area contributed by atoms with Crippen molar-refractivity contribution in [2.45, 2.75) is 6.92 Å². The Balaban J connectivity index is 2.34. The highest BCUT2D eigenvalue weighted by Crippen LogP contribution is 2.26. The van der Waals surface area contributed by atoms with E-state index in [9.17, 15) is 4.79 Å². The number of carbonyl (C=O) groups is 1. The largest absolute Gasteiger partial charge is 0.397 e. The standard InChI is InChI=1S/C14H12BrClN2O/c1-8-3-2-4-12(17)13(8)18-14(19)10-7-9(15)5-6-11(10)16/h2-7H,17H2,1H3,(H,18,19). The van der Waals surface area contributed by atoms with Crippen molar-refractivity contribution < 1.29 is 4.79 Å². The molecule has 0 heterocycles. The Kier molecular flexibility index (Phi) is 4.12. The van der Waals surface area contributed by atoms with Crippen LogP contribution in [0.1, 0.15) is 15.9 Å². The zero-order valence-corrected chi connectivity index (χ0v) is 12.5. The van der Waals surface area contributed by atoms with Gasteiger partial charge in [-0.05, 0) is 36.8 Å². The van der Waals surface area contributed by atoms with Gasteiger partial charge in [-0.25, -0.2) is 0 Å². The lowest BCUT2D eigenvalue weighted by molar-refractivity contribution is 0.102. The number of rotatable bonds is 2. The SMILES string of the molecule is Cc1cccc(N)c1NC(=O)c1cc(Br)ccc1Cl. The smallest absolute Gasteiger partial charge is 0.257 e. The predicted molar refractivity (Wildman–Crippen MR) is 82.7 cm³/mol. The molecule has 1 amide bonds. The van der Waals surface area contributed by atoms with E-state index in [1.165, 1.54) is 0 Å². The van der Waals surface area contributed by atoms with Gasteiger partial charge >= 0.3 is 0 Å². The minimum Gasteiger partial charge on any atom is -0.397 e. The highest BCUT2D eigenvalue weighted by atomic mass is 79.9. The fourth-order valence-corrected chi connectivity index (χ4v) is 2.28. The zero-order chi connectivity index (χ0) is 14.0. The van der Waals surface area contributed by atoms with Crippen molar-refractivity contribution in [3.8, 4) is 0 Å². The highest BCUT2D eigenvalue weighted by molar-refractivity contribution is 9.10. The Morgan fingerprint density at radius 3 is 2.74 bits per heavy atom. The average Bonchev–Trinajstić information content (AvgIpc) is 2.37. The monoisotopic (exact) mass is 338 g/mol. The lowest BCUT2D eigenvalue weighted by Crippen LogP contribution is -2.14. The summed E-state index contributed by atoms with van der Waals surface area (Å²) in [6.45, 7) is 1.88. The molecule has 0 aliphatic heterocycles.